The molecule has 0 fully saturated rings. The van der Waals surface area contributed by atoms with Crippen molar-refractivity contribution in [3.63, 3.8) is 0 Å². The monoisotopic (exact) mass is 284 g/mol. The van der Waals surface area contributed by atoms with Crippen molar-refractivity contribution in [3.05, 3.63) is 53.9 Å². The summed E-state index contributed by atoms with van der Waals surface area (Å²) in [5.41, 5.74) is 5.50. The molecule has 0 aliphatic rings. The van der Waals surface area contributed by atoms with E-state index < -0.39 is 27.2 Å². The fraction of sp³-hybridized carbons (Fsp3) is 0.0833. The molecule has 0 bridgehead atoms. The third kappa shape index (κ3) is 3.05. The SMILES string of the molecule is Nc1cc(F)ccc1S(=O)(=O)Cc1cncc(F)c1. The molecular weight excluding hydrogens is 274 g/mol. The van der Waals surface area contributed by atoms with E-state index in [0.29, 0.717) is 0 Å². The molecule has 1 heterocycles. The first-order chi connectivity index (χ1) is 8.88. The van der Waals surface area contributed by atoms with Gasteiger partial charge in [-0.25, -0.2) is 17.2 Å². The highest BCUT2D eigenvalue weighted by Crippen LogP contribution is 2.23. The molecular formula is C12H10F2N2O2S. The Hall–Kier alpha value is -2.02. The summed E-state index contributed by atoms with van der Waals surface area (Å²) in [5, 5.41) is 0. The zero-order chi connectivity index (χ0) is 14.0. The molecule has 1 aromatic heterocycles. The smallest absolute Gasteiger partial charge is 0.184 e. The lowest BCUT2D eigenvalue weighted by Gasteiger charge is -2.07. The topological polar surface area (TPSA) is 73.1 Å². The van der Waals surface area contributed by atoms with Gasteiger partial charge in [0.15, 0.2) is 9.84 Å². The van der Waals surface area contributed by atoms with Crippen LogP contribution in [0.4, 0.5) is 14.5 Å². The summed E-state index contributed by atoms with van der Waals surface area (Å²) < 4.78 is 50.0. The Kier molecular flexibility index (Phi) is 3.48. The number of sulfone groups is 1. The van der Waals surface area contributed by atoms with Crippen LogP contribution in [0.5, 0.6) is 0 Å². The average molecular weight is 284 g/mol. The molecule has 0 aliphatic heterocycles. The summed E-state index contributed by atoms with van der Waals surface area (Å²) in [6.07, 6.45) is 2.22. The minimum absolute atomic E-state index is 0.177. The first-order valence-electron chi connectivity index (χ1n) is 5.26. The maximum absolute atomic E-state index is 12.9. The van der Waals surface area contributed by atoms with Crippen molar-refractivity contribution in [3.8, 4) is 0 Å². The number of anilines is 1. The number of nitrogens with two attached hydrogens (primary N) is 1. The van der Waals surface area contributed by atoms with Crippen molar-refractivity contribution in [1.82, 2.24) is 4.98 Å². The number of aromatic nitrogens is 1. The van der Waals surface area contributed by atoms with Crippen LogP contribution in [-0.4, -0.2) is 13.4 Å². The highest BCUT2D eigenvalue weighted by molar-refractivity contribution is 7.90. The van der Waals surface area contributed by atoms with Crippen LogP contribution in [0.2, 0.25) is 0 Å². The molecule has 19 heavy (non-hydrogen) atoms. The number of rotatable bonds is 3. The van der Waals surface area contributed by atoms with Gasteiger partial charge in [0.1, 0.15) is 11.6 Å². The highest BCUT2D eigenvalue weighted by atomic mass is 32.2. The minimum Gasteiger partial charge on any atom is -0.398 e. The second-order valence-corrected chi connectivity index (χ2v) is 5.91. The van der Waals surface area contributed by atoms with Crippen molar-refractivity contribution in [2.45, 2.75) is 10.6 Å². The van der Waals surface area contributed by atoms with Crippen molar-refractivity contribution >= 4 is 15.5 Å². The van der Waals surface area contributed by atoms with Crippen molar-refractivity contribution in [2.24, 2.45) is 0 Å². The average Bonchev–Trinajstić information content (AvgIpc) is 2.27. The minimum atomic E-state index is -3.78. The zero-order valence-electron chi connectivity index (χ0n) is 9.68. The first kappa shape index (κ1) is 13.4. The van der Waals surface area contributed by atoms with Gasteiger partial charge in [0.2, 0.25) is 0 Å². The first-order valence-corrected chi connectivity index (χ1v) is 6.91. The molecule has 0 saturated carbocycles. The number of hydrogen-bond donors (Lipinski definition) is 1. The summed E-state index contributed by atoms with van der Waals surface area (Å²) in [4.78, 5) is 3.39. The van der Waals surface area contributed by atoms with Crippen molar-refractivity contribution < 1.29 is 17.2 Å². The van der Waals surface area contributed by atoms with E-state index in [1.165, 1.54) is 6.20 Å². The number of hydrogen-bond acceptors (Lipinski definition) is 4. The fourth-order valence-electron chi connectivity index (χ4n) is 1.63. The Labute approximate surface area is 108 Å². The Morgan fingerprint density at radius 1 is 1.11 bits per heavy atom. The van der Waals surface area contributed by atoms with Gasteiger partial charge in [0, 0.05) is 6.20 Å². The number of benzene rings is 1. The second-order valence-electron chi connectivity index (χ2n) is 3.95. The van der Waals surface area contributed by atoms with E-state index in [-0.39, 0.29) is 16.1 Å². The molecule has 0 aliphatic carbocycles. The highest BCUT2D eigenvalue weighted by Gasteiger charge is 2.19. The van der Waals surface area contributed by atoms with Gasteiger partial charge in [-0.2, -0.15) is 0 Å². The van der Waals surface area contributed by atoms with E-state index in [1.54, 1.807) is 0 Å². The van der Waals surface area contributed by atoms with Crippen LogP contribution in [0.15, 0.2) is 41.6 Å². The molecule has 0 atom stereocenters. The van der Waals surface area contributed by atoms with E-state index in [9.17, 15) is 17.2 Å². The van der Waals surface area contributed by atoms with Crippen LogP contribution in [0.3, 0.4) is 0 Å². The van der Waals surface area contributed by atoms with E-state index in [2.05, 4.69) is 4.98 Å². The van der Waals surface area contributed by atoms with Gasteiger partial charge in [0.05, 0.1) is 22.5 Å². The summed E-state index contributed by atoms with van der Waals surface area (Å²) in [6, 6.07) is 4.10. The Balaban J connectivity index is 2.38. The maximum Gasteiger partial charge on any atom is 0.184 e. The van der Waals surface area contributed by atoms with E-state index >= 15 is 0 Å². The molecule has 0 radical (unpaired) electrons. The van der Waals surface area contributed by atoms with Crippen LogP contribution in [0.1, 0.15) is 5.56 Å². The van der Waals surface area contributed by atoms with Crippen LogP contribution >= 0.6 is 0 Å². The lowest BCUT2D eigenvalue weighted by molar-refractivity contribution is 0.593. The Bertz CT molecular complexity index is 717. The molecule has 0 unspecified atom stereocenters. The fourth-order valence-corrected chi connectivity index (χ4v) is 3.08. The van der Waals surface area contributed by atoms with Crippen LogP contribution in [0.25, 0.3) is 0 Å². The quantitative estimate of drug-likeness (QED) is 0.690. The maximum atomic E-state index is 12.9. The van der Waals surface area contributed by atoms with E-state index in [0.717, 1.165) is 30.5 Å². The summed E-state index contributed by atoms with van der Waals surface area (Å²) >= 11 is 0. The lowest BCUT2D eigenvalue weighted by atomic mass is 10.3. The van der Waals surface area contributed by atoms with Crippen molar-refractivity contribution in [1.29, 1.82) is 0 Å². The van der Waals surface area contributed by atoms with Gasteiger partial charge in [-0.15, -0.1) is 0 Å². The molecule has 2 aromatic rings. The van der Waals surface area contributed by atoms with Gasteiger partial charge in [0.25, 0.3) is 0 Å². The van der Waals surface area contributed by atoms with E-state index in [1.807, 2.05) is 0 Å². The molecule has 1 aromatic carbocycles. The molecule has 7 heteroatoms. The molecule has 100 valence electrons. The van der Waals surface area contributed by atoms with Crippen LogP contribution in [0, 0.1) is 11.6 Å². The zero-order valence-corrected chi connectivity index (χ0v) is 10.5. The van der Waals surface area contributed by atoms with Crippen LogP contribution < -0.4 is 5.73 Å². The largest absolute Gasteiger partial charge is 0.398 e. The number of halogens is 2. The number of nitrogen functional groups attached to an aromatic ring is 1. The predicted octanol–water partition coefficient (Wildman–Crippen LogP) is 1.92. The van der Waals surface area contributed by atoms with Gasteiger partial charge < -0.3 is 5.73 Å². The second kappa shape index (κ2) is 4.93. The van der Waals surface area contributed by atoms with E-state index in [4.69, 9.17) is 5.73 Å². The van der Waals surface area contributed by atoms with Gasteiger partial charge >= 0.3 is 0 Å². The molecule has 4 nitrogen and oxygen atoms in total. The van der Waals surface area contributed by atoms with Crippen LogP contribution in [-0.2, 0) is 15.6 Å². The summed E-state index contributed by atoms with van der Waals surface area (Å²) in [5.74, 6) is -1.70. The van der Waals surface area contributed by atoms with Gasteiger partial charge in [-0.1, -0.05) is 0 Å². The number of nitrogens with zero attached hydrogens (tertiary/aromatic N) is 1. The molecule has 0 saturated heterocycles. The number of pyridine rings is 1. The third-order valence-corrected chi connectivity index (χ3v) is 4.18. The standard InChI is InChI=1S/C12H10F2N2O2S/c13-9-1-2-12(11(15)4-9)19(17,18)7-8-3-10(14)6-16-5-8/h1-6H,7,15H2. The summed E-state index contributed by atoms with van der Waals surface area (Å²) in [7, 11) is -3.78. The molecule has 0 amide bonds. The van der Waals surface area contributed by atoms with Crippen molar-refractivity contribution in [2.75, 3.05) is 5.73 Å². The molecule has 2 N–H and O–H groups in total. The normalized spacial score (nSPS) is 11.5. The Morgan fingerprint density at radius 3 is 2.47 bits per heavy atom. The molecule has 0 spiro atoms. The summed E-state index contributed by atoms with van der Waals surface area (Å²) in [6.45, 7) is 0. The molecule has 2 rings (SSSR count). The lowest BCUT2D eigenvalue weighted by Crippen LogP contribution is -2.08. The third-order valence-electron chi connectivity index (χ3n) is 2.43. The Morgan fingerprint density at radius 2 is 1.84 bits per heavy atom. The predicted molar refractivity (Wildman–Crippen MR) is 65.9 cm³/mol. The van der Waals surface area contributed by atoms with Gasteiger partial charge in [-0.05, 0) is 29.8 Å². The van der Waals surface area contributed by atoms with Gasteiger partial charge in [-0.3, -0.25) is 4.98 Å².